The first kappa shape index (κ1) is 22.3. The average molecular weight is 476 g/mol. The highest BCUT2D eigenvalue weighted by atomic mass is 79.9. The number of amides is 1. The molecule has 1 aliphatic heterocycles. The number of hydrogen-bond donors (Lipinski definition) is 0. The lowest BCUT2D eigenvalue weighted by molar-refractivity contribution is -0.164. The zero-order valence-corrected chi connectivity index (χ0v) is 19.2. The number of fused-ring (bicyclic) bond motifs is 1. The third-order valence-electron chi connectivity index (χ3n) is 4.64. The summed E-state index contributed by atoms with van der Waals surface area (Å²) in [6, 6.07) is 13.2. The SMILES string of the molecule is COC(=O)C(OC(C)(C)C)c1ccc2c(c1Br)C(=O)N(Cc1ccccc1)CCO2. The Bertz CT molecular complexity index is 923. The van der Waals surface area contributed by atoms with E-state index < -0.39 is 17.7 Å². The summed E-state index contributed by atoms with van der Waals surface area (Å²) in [6.07, 6.45) is -0.978. The highest BCUT2D eigenvalue weighted by molar-refractivity contribution is 9.10. The minimum Gasteiger partial charge on any atom is -0.491 e. The zero-order chi connectivity index (χ0) is 21.9. The van der Waals surface area contributed by atoms with Crippen molar-refractivity contribution < 1.29 is 23.8 Å². The summed E-state index contributed by atoms with van der Waals surface area (Å²) in [6.45, 7) is 6.89. The molecule has 0 radical (unpaired) electrons. The quantitative estimate of drug-likeness (QED) is 0.595. The lowest BCUT2D eigenvalue weighted by atomic mass is 10.0. The van der Waals surface area contributed by atoms with Crippen molar-refractivity contribution in [1.82, 2.24) is 4.90 Å². The fourth-order valence-electron chi connectivity index (χ4n) is 3.28. The van der Waals surface area contributed by atoms with Crippen LogP contribution in [0.1, 0.15) is 48.4 Å². The molecule has 7 heteroatoms. The van der Waals surface area contributed by atoms with Crippen molar-refractivity contribution in [3.63, 3.8) is 0 Å². The van der Waals surface area contributed by atoms with Gasteiger partial charge in [0.2, 0.25) is 0 Å². The first-order valence-electron chi connectivity index (χ1n) is 9.75. The van der Waals surface area contributed by atoms with Gasteiger partial charge in [-0.15, -0.1) is 0 Å². The van der Waals surface area contributed by atoms with E-state index in [0.717, 1.165) is 5.56 Å². The van der Waals surface area contributed by atoms with Crippen LogP contribution < -0.4 is 4.74 Å². The normalized spacial score (nSPS) is 15.1. The number of hydrogen-bond acceptors (Lipinski definition) is 5. The van der Waals surface area contributed by atoms with E-state index in [-0.39, 0.29) is 5.91 Å². The maximum atomic E-state index is 13.4. The van der Waals surface area contributed by atoms with Crippen LogP contribution in [-0.2, 0) is 20.8 Å². The topological polar surface area (TPSA) is 65.1 Å². The molecule has 0 saturated heterocycles. The summed E-state index contributed by atoms with van der Waals surface area (Å²) in [5.74, 6) is -0.223. The monoisotopic (exact) mass is 475 g/mol. The number of halogens is 1. The Balaban J connectivity index is 2.00. The molecule has 0 bridgehead atoms. The average Bonchev–Trinajstić information content (AvgIpc) is 2.86. The summed E-state index contributed by atoms with van der Waals surface area (Å²) in [5.41, 5.74) is 1.34. The molecular weight excluding hydrogens is 450 g/mol. The Labute approximate surface area is 185 Å². The first-order valence-corrected chi connectivity index (χ1v) is 10.5. The molecular formula is C23H26BrNO5. The predicted molar refractivity (Wildman–Crippen MR) is 116 cm³/mol. The van der Waals surface area contributed by atoms with Gasteiger partial charge in [0.1, 0.15) is 12.4 Å². The van der Waals surface area contributed by atoms with Gasteiger partial charge in [0.25, 0.3) is 5.91 Å². The number of ether oxygens (including phenoxy) is 3. The van der Waals surface area contributed by atoms with E-state index in [1.165, 1.54) is 7.11 Å². The molecule has 1 unspecified atom stereocenters. The second kappa shape index (κ2) is 9.18. The number of carbonyl (C=O) groups is 2. The molecule has 1 heterocycles. The third-order valence-corrected chi connectivity index (χ3v) is 5.49. The molecule has 6 nitrogen and oxygen atoms in total. The Kier molecular flexibility index (Phi) is 6.83. The Morgan fingerprint density at radius 1 is 1.20 bits per heavy atom. The van der Waals surface area contributed by atoms with Crippen LogP contribution in [0.3, 0.4) is 0 Å². The van der Waals surface area contributed by atoms with Gasteiger partial charge in [-0.1, -0.05) is 36.4 Å². The molecule has 0 aromatic heterocycles. The van der Waals surface area contributed by atoms with Crippen molar-refractivity contribution in [2.24, 2.45) is 0 Å². The van der Waals surface area contributed by atoms with Gasteiger partial charge in [0.05, 0.1) is 24.8 Å². The standard InChI is InChI=1S/C23H26BrNO5/c1-23(2,3)30-20(22(27)28-4)16-10-11-17-18(19(16)24)21(26)25(12-13-29-17)14-15-8-6-5-7-9-15/h5-11,20H,12-14H2,1-4H3. The number of benzene rings is 2. The molecule has 1 amide bonds. The highest BCUT2D eigenvalue weighted by Gasteiger charge is 2.34. The van der Waals surface area contributed by atoms with Crippen LogP contribution in [0.2, 0.25) is 0 Å². The van der Waals surface area contributed by atoms with Crippen molar-refractivity contribution in [2.45, 2.75) is 39.0 Å². The molecule has 0 fully saturated rings. The number of methoxy groups -OCH3 is 1. The van der Waals surface area contributed by atoms with Crippen LogP contribution in [0.5, 0.6) is 5.75 Å². The van der Waals surface area contributed by atoms with E-state index >= 15 is 0 Å². The summed E-state index contributed by atoms with van der Waals surface area (Å²) in [7, 11) is 1.31. The van der Waals surface area contributed by atoms with Gasteiger partial charge >= 0.3 is 5.97 Å². The number of esters is 1. The Hall–Kier alpha value is -2.38. The van der Waals surface area contributed by atoms with Gasteiger partial charge in [0.15, 0.2) is 6.10 Å². The van der Waals surface area contributed by atoms with Crippen LogP contribution in [-0.4, -0.2) is 42.6 Å². The van der Waals surface area contributed by atoms with E-state index in [0.29, 0.717) is 41.0 Å². The van der Waals surface area contributed by atoms with Crippen molar-refractivity contribution in [3.8, 4) is 5.75 Å². The summed E-state index contributed by atoms with van der Waals surface area (Å²) in [5, 5.41) is 0. The van der Waals surface area contributed by atoms with Gasteiger partial charge in [-0.2, -0.15) is 0 Å². The molecule has 0 spiro atoms. The summed E-state index contributed by atoms with van der Waals surface area (Å²) >= 11 is 3.55. The van der Waals surface area contributed by atoms with Gasteiger partial charge in [-0.05, 0) is 48.3 Å². The lowest BCUT2D eigenvalue weighted by Gasteiger charge is -2.27. The molecule has 0 saturated carbocycles. The van der Waals surface area contributed by atoms with E-state index in [1.54, 1.807) is 17.0 Å². The van der Waals surface area contributed by atoms with Crippen molar-refractivity contribution >= 4 is 27.8 Å². The highest BCUT2D eigenvalue weighted by Crippen LogP contribution is 2.38. The van der Waals surface area contributed by atoms with Crippen LogP contribution in [0, 0.1) is 0 Å². The van der Waals surface area contributed by atoms with Crippen LogP contribution in [0.25, 0.3) is 0 Å². The van der Waals surface area contributed by atoms with Crippen molar-refractivity contribution in [1.29, 1.82) is 0 Å². The van der Waals surface area contributed by atoms with E-state index in [2.05, 4.69) is 15.9 Å². The fraction of sp³-hybridized carbons (Fsp3) is 0.391. The maximum Gasteiger partial charge on any atom is 0.339 e. The van der Waals surface area contributed by atoms with Crippen LogP contribution >= 0.6 is 15.9 Å². The molecule has 1 atom stereocenters. The summed E-state index contributed by atoms with van der Waals surface area (Å²) in [4.78, 5) is 27.6. The first-order chi connectivity index (χ1) is 14.2. The minimum absolute atomic E-state index is 0.167. The molecule has 0 N–H and O–H groups in total. The predicted octanol–water partition coefficient (Wildman–Crippen LogP) is 4.51. The second-order valence-corrected chi connectivity index (χ2v) is 8.83. The molecule has 2 aromatic rings. The van der Waals surface area contributed by atoms with Gasteiger partial charge in [-0.3, -0.25) is 4.79 Å². The fourth-order valence-corrected chi connectivity index (χ4v) is 3.98. The maximum absolute atomic E-state index is 13.4. The lowest BCUT2D eigenvalue weighted by Crippen LogP contribution is -2.32. The zero-order valence-electron chi connectivity index (χ0n) is 17.6. The number of rotatable bonds is 5. The van der Waals surface area contributed by atoms with Gasteiger partial charge in [-0.25, -0.2) is 4.79 Å². The number of nitrogens with zero attached hydrogens (tertiary/aromatic N) is 1. The van der Waals surface area contributed by atoms with Gasteiger partial charge < -0.3 is 19.1 Å². The molecule has 0 aliphatic carbocycles. The van der Waals surface area contributed by atoms with Gasteiger partial charge in [0, 0.05) is 16.6 Å². The van der Waals surface area contributed by atoms with E-state index in [1.807, 2.05) is 51.1 Å². The Morgan fingerprint density at radius 3 is 2.53 bits per heavy atom. The largest absolute Gasteiger partial charge is 0.491 e. The summed E-state index contributed by atoms with van der Waals surface area (Å²) < 4.78 is 17.2. The van der Waals surface area contributed by atoms with E-state index in [9.17, 15) is 9.59 Å². The van der Waals surface area contributed by atoms with E-state index in [4.69, 9.17) is 14.2 Å². The second-order valence-electron chi connectivity index (χ2n) is 8.04. The van der Waals surface area contributed by atoms with Crippen molar-refractivity contribution in [3.05, 3.63) is 63.6 Å². The molecule has 160 valence electrons. The smallest absolute Gasteiger partial charge is 0.339 e. The molecule has 2 aromatic carbocycles. The third kappa shape index (κ3) is 5.02. The molecule has 3 rings (SSSR count). The van der Waals surface area contributed by atoms with Crippen LogP contribution in [0.4, 0.5) is 0 Å². The van der Waals surface area contributed by atoms with Crippen molar-refractivity contribution in [2.75, 3.05) is 20.3 Å². The molecule has 1 aliphatic rings. The minimum atomic E-state index is -0.978. The number of carbonyl (C=O) groups excluding carboxylic acids is 2. The Morgan fingerprint density at radius 2 is 1.90 bits per heavy atom. The van der Waals surface area contributed by atoms with Crippen LogP contribution in [0.15, 0.2) is 46.9 Å². The molecule has 30 heavy (non-hydrogen) atoms.